The van der Waals surface area contributed by atoms with Crippen LogP contribution in [0.15, 0.2) is 18.2 Å². The molecule has 0 saturated carbocycles. The Balaban J connectivity index is 1.80. The van der Waals surface area contributed by atoms with Gasteiger partial charge < -0.3 is 14.5 Å². The fraction of sp³-hybridized carbons (Fsp3) is 0.647. The fourth-order valence-corrected chi connectivity index (χ4v) is 3.10. The lowest BCUT2D eigenvalue weighted by Crippen LogP contribution is -2.29. The van der Waals surface area contributed by atoms with Crippen molar-refractivity contribution in [2.75, 3.05) is 46.9 Å². The van der Waals surface area contributed by atoms with Crippen molar-refractivity contribution < 1.29 is 9.13 Å². The zero-order valence-electron chi connectivity index (χ0n) is 13.4. The molecule has 1 saturated heterocycles. The minimum atomic E-state index is -0.104. The van der Waals surface area contributed by atoms with Gasteiger partial charge in [0.2, 0.25) is 0 Å². The highest BCUT2D eigenvalue weighted by Gasteiger charge is 2.23. The quantitative estimate of drug-likeness (QED) is 0.768. The summed E-state index contributed by atoms with van der Waals surface area (Å²) in [6, 6.07) is 5.35. The van der Waals surface area contributed by atoms with E-state index >= 15 is 0 Å². The second kappa shape index (κ2) is 7.87. The Morgan fingerprint density at radius 3 is 3.00 bits per heavy atom. The molecule has 0 amide bonds. The van der Waals surface area contributed by atoms with Gasteiger partial charge in [0.15, 0.2) is 0 Å². The van der Waals surface area contributed by atoms with Crippen LogP contribution in [0.2, 0.25) is 0 Å². The van der Waals surface area contributed by atoms with E-state index in [0.29, 0.717) is 5.92 Å². The van der Waals surface area contributed by atoms with Gasteiger partial charge in [0.05, 0.1) is 6.61 Å². The predicted octanol–water partition coefficient (Wildman–Crippen LogP) is 2.53. The van der Waals surface area contributed by atoms with Crippen LogP contribution in [0.1, 0.15) is 17.5 Å². The lowest BCUT2D eigenvalue weighted by Gasteiger charge is -2.22. The first-order chi connectivity index (χ1) is 10.1. The summed E-state index contributed by atoms with van der Waals surface area (Å²) in [4.78, 5) is 4.78. The first-order valence-electron chi connectivity index (χ1n) is 7.74. The van der Waals surface area contributed by atoms with Crippen molar-refractivity contribution in [1.29, 1.82) is 0 Å². The number of hydrogen-bond acceptors (Lipinski definition) is 3. The molecular weight excluding hydrogens is 267 g/mol. The molecule has 1 aromatic carbocycles. The van der Waals surface area contributed by atoms with Gasteiger partial charge in [-0.1, -0.05) is 12.1 Å². The Labute approximate surface area is 127 Å². The molecule has 2 rings (SSSR count). The first-order valence-corrected chi connectivity index (χ1v) is 7.74. The van der Waals surface area contributed by atoms with Gasteiger partial charge in [-0.05, 0) is 50.0 Å². The minimum absolute atomic E-state index is 0.104. The molecule has 0 spiro atoms. The summed E-state index contributed by atoms with van der Waals surface area (Å²) in [6.45, 7) is 7.90. The second-order valence-corrected chi connectivity index (χ2v) is 6.17. The monoisotopic (exact) mass is 294 g/mol. The van der Waals surface area contributed by atoms with E-state index in [1.165, 1.54) is 19.0 Å². The third kappa shape index (κ3) is 4.77. The van der Waals surface area contributed by atoms with Crippen LogP contribution in [-0.4, -0.2) is 56.7 Å². The molecule has 0 bridgehead atoms. The Hall–Kier alpha value is -0.970. The molecule has 1 aliphatic heterocycles. The standard InChI is InChI=1S/C17H27FN2O/c1-14-16(5-4-6-17(14)18)13-19(2)11-15-7-8-20(12-15)9-10-21-3/h4-6,15H,7-13H2,1-3H3/t15-/m0/s1. The number of likely N-dealkylation sites (tertiary alicyclic amines) is 1. The van der Waals surface area contributed by atoms with Gasteiger partial charge in [0, 0.05) is 33.3 Å². The molecule has 1 fully saturated rings. The van der Waals surface area contributed by atoms with Gasteiger partial charge in [-0.2, -0.15) is 0 Å². The van der Waals surface area contributed by atoms with Gasteiger partial charge in [-0.3, -0.25) is 0 Å². The molecule has 0 N–H and O–H groups in total. The van der Waals surface area contributed by atoms with Crippen molar-refractivity contribution in [3.05, 3.63) is 35.1 Å². The van der Waals surface area contributed by atoms with Gasteiger partial charge in [-0.25, -0.2) is 4.39 Å². The van der Waals surface area contributed by atoms with Crippen LogP contribution < -0.4 is 0 Å². The molecule has 3 nitrogen and oxygen atoms in total. The lowest BCUT2D eigenvalue weighted by atomic mass is 10.1. The van der Waals surface area contributed by atoms with Crippen molar-refractivity contribution in [2.24, 2.45) is 5.92 Å². The highest BCUT2D eigenvalue weighted by molar-refractivity contribution is 5.27. The number of rotatable bonds is 7. The first kappa shape index (κ1) is 16.4. The summed E-state index contributed by atoms with van der Waals surface area (Å²) in [6.07, 6.45) is 1.25. The summed E-state index contributed by atoms with van der Waals surface area (Å²) in [5.74, 6) is 0.605. The normalized spacial score (nSPS) is 19.6. The molecule has 1 atom stereocenters. The Bertz CT molecular complexity index is 452. The van der Waals surface area contributed by atoms with E-state index in [1.807, 2.05) is 13.0 Å². The summed E-state index contributed by atoms with van der Waals surface area (Å²) in [7, 11) is 3.88. The van der Waals surface area contributed by atoms with Gasteiger partial charge in [0.1, 0.15) is 5.82 Å². The minimum Gasteiger partial charge on any atom is -0.383 e. The smallest absolute Gasteiger partial charge is 0.126 e. The number of ether oxygens (including phenoxy) is 1. The van der Waals surface area contributed by atoms with Crippen molar-refractivity contribution in [2.45, 2.75) is 19.9 Å². The third-order valence-corrected chi connectivity index (χ3v) is 4.37. The van der Waals surface area contributed by atoms with E-state index in [4.69, 9.17) is 4.74 Å². The maximum atomic E-state index is 13.6. The highest BCUT2D eigenvalue weighted by Crippen LogP contribution is 2.19. The molecule has 4 heteroatoms. The maximum absolute atomic E-state index is 13.6. The molecule has 0 aromatic heterocycles. The van der Waals surface area contributed by atoms with Crippen LogP contribution in [0, 0.1) is 18.7 Å². The van der Waals surface area contributed by atoms with E-state index < -0.39 is 0 Å². The van der Waals surface area contributed by atoms with Crippen LogP contribution in [0.3, 0.4) is 0 Å². The fourth-order valence-electron chi connectivity index (χ4n) is 3.10. The van der Waals surface area contributed by atoms with Crippen LogP contribution in [-0.2, 0) is 11.3 Å². The summed E-state index contributed by atoms with van der Waals surface area (Å²) >= 11 is 0. The van der Waals surface area contributed by atoms with Crippen LogP contribution in [0.4, 0.5) is 4.39 Å². The topological polar surface area (TPSA) is 15.7 Å². The zero-order valence-corrected chi connectivity index (χ0v) is 13.4. The molecule has 118 valence electrons. The van der Waals surface area contributed by atoms with E-state index in [2.05, 4.69) is 16.8 Å². The second-order valence-electron chi connectivity index (χ2n) is 6.17. The van der Waals surface area contributed by atoms with E-state index in [1.54, 1.807) is 13.2 Å². The average Bonchev–Trinajstić information content (AvgIpc) is 2.89. The molecule has 0 unspecified atom stereocenters. The summed E-state index contributed by atoms with van der Waals surface area (Å²) in [5, 5.41) is 0. The molecule has 1 aliphatic rings. The number of nitrogens with zero attached hydrogens (tertiary/aromatic N) is 2. The largest absolute Gasteiger partial charge is 0.383 e. The molecule has 0 radical (unpaired) electrons. The van der Waals surface area contributed by atoms with E-state index in [-0.39, 0.29) is 5.82 Å². The van der Waals surface area contributed by atoms with Crippen LogP contribution >= 0.6 is 0 Å². The van der Waals surface area contributed by atoms with Crippen molar-refractivity contribution in [3.63, 3.8) is 0 Å². The Kier molecular flexibility index (Phi) is 6.15. The number of methoxy groups -OCH3 is 1. The van der Waals surface area contributed by atoms with Crippen molar-refractivity contribution >= 4 is 0 Å². The Morgan fingerprint density at radius 2 is 2.24 bits per heavy atom. The molecule has 21 heavy (non-hydrogen) atoms. The average molecular weight is 294 g/mol. The van der Waals surface area contributed by atoms with Gasteiger partial charge >= 0.3 is 0 Å². The maximum Gasteiger partial charge on any atom is 0.126 e. The van der Waals surface area contributed by atoms with Crippen LogP contribution in [0.25, 0.3) is 0 Å². The van der Waals surface area contributed by atoms with E-state index in [0.717, 1.165) is 43.9 Å². The lowest BCUT2D eigenvalue weighted by molar-refractivity contribution is 0.157. The summed E-state index contributed by atoms with van der Waals surface area (Å²) < 4.78 is 18.7. The third-order valence-electron chi connectivity index (χ3n) is 4.37. The van der Waals surface area contributed by atoms with Crippen molar-refractivity contribution in [1.82, 2.24) is 9.80 Å². The zero-order chi connectivity index (χ0) is 15.2. The van der Waals surface area contributed by atoms with E-state index in [9.17, 15) is 4.39 Å². The molecule has 1 heterocycles. The number of hydrogen-bond donors (Lipinski definition) is 0. The Morgan fingerprint density at radius 1 is 1.43 bits per heavy atom. The highest BCUT2D eigenvalue weighted by atomic mass is 19.1. The number of halogens is 1. The molecular formula is C17H27FN2O. The molecule has 0 aliphatic carbocycles. The van der Waals surface area contributed by atoms with Gasteiger partial charge in [0.25, 0.3) is 0 Å². The summed E-state index contributed by atoms with van der Waals surface area (Å²) in [5.41, 5.74) is 1.87. The SMILES string of the molecule is COCCN1CC[C@@H](CN(C)Cc2cccc(F)c2C)C1. The predicted molar refractivity (Wildman–Crippen MR) is 83.9 cm³/mol. The van der Waals surface area contributed by atoms with Crippen molar-refractivity contribution in [3.8, 4) is 0 Å². The molecule has 1 aromatic rings. The van der Waals surface area contributed by atoms with Crippen LogP contribution in [0.5, 0.6) is 0 Å². The number of benzene rings is 1. The van der Waals surface area contributed by atoms with Gasteiger partial charge in [-0.15, -0.1) is 0 Å².